The van der Waals surface area contributed by atoms with Gasteiger partial charge in [0.2, 0.25) is 11.8 Å². The van der Waals surface area contributed by atoms with Crippen molar-refractivity contribution in [2.75, 3.05) is 5.32 Å². The Labute approximate surface area is 154 Å². The summed E-state index contributed by atoms with van der Waals surface area (Å²) in [6.45, 7) is 5.92. The summed E-state index contributed by atoms with van der Waals surface area (Å²) < 4.78 is 6.52. The fraction of sp³-hybridized carbons (Fsp3) is 0.444. The quantitative estimate of drug-likeness (QED) is 0.763. The molecule has 8 heteroatoms. The number of fused-ring (bicyclic) bond motifs is 3. The molecule has 7 nitrogen and oxygen atoms in total. The zero-order valence-electron chi connectivity index (χ0n) is 15.0. The molecular weight excluding hydrogens is 352 g/mol. The van der Waals surface area contributed by atoms with E-state index in [1.807, 2.05) is 20.8 Å². The van der Waals surface area contributed by atoms with Crippen LogP contribution in [0.4, 0.5) is 5.88 Å². The molecule has 1 amide bonds. The second-order valence-corrected chi connectivity index (χ2v) is 8.67. The van der Waals surface area contributed by atoms with E-state index < -0.39 is 0 Å². The number of hydrogen-bond donors (Lipinski definition) is 1. The Morgan fingerprint density at radius 3 is 2.92 bits per heavy atom. The maximum atomic E-state index is 12.8. The highest BCUT2D eigenvalue weighted by Crippen LogP contribution is 2.34. The molecule has 1 aliphatic carbocycles. The van der Waals surface area contributed by atoms with Crippen molar-refractivity contribution < 1.29 is 9.32 Å². The lowest BCUT2D eigenvalue weighted by Gasteiger charge is -2.12. The highest BCUT2D eigenvalue weighted by atomic mass is 32.1. The van der Waals surface area contributed by atoms with Crippen LogP contribution in [0, 0.1) is 0 Å². The van der Waals surface area contributed by atoms with Gasteiger partial charge in [-0.25, -0.2) is 4.98 Å². The number of aromatic nitrogens is 3. The highest BCUT2D eigenvalue weighted by molar-refractivity contribution is 7.18. The molecule has 0 aliphatic heterocycles. The minimum absolute atomic E-state index is 0.113. The van der Waals surface area contributed by atoms with Crippen LogP contribution in [0.5, 0.6) is 0 Å². The minimum Gasteiger partial charge on any atom is -0.338 e. The molecule has 0 saturated carbocycles. The molecule has 4 rings (SSSR count). The van der Waals surface area contributed by atoms with Crippen molar-refractivity contribution in [3.05, 3.63) is 38.9 Å². The molecule has 1 aliphatic rings. The van der Waals surface area contributed by atoms with Gasteiger partial charge >= 0.3 is 0 Å². The van der Waals surface area contributed by atoms with E-state index >= 15 is 0 Å². The smallest absolute Gasteiger partial charge is 0.262 e. The first kappa shape index (κ1) is 17.0. The van der Waals surface area contributed by atoms with Crippen LogP contribution < -0.4 is 10.9 Å². The largest absolute Gasteiger partial charge is 0.338 e. The fourth-order valence-electron chi connectivity index (χ4n) is 3.15. The average Bonchev–Trinajstić information content (AvgIpc) is 3.24. The Balaban J connectivity index is 1.55. The van der Waals surface area contributed by atoms with Crippen LogP contribution >= 0.6 is 11.3 Å². The molecule has 26 heavy (non-hydrogen) atoms. The molecule has 3 aromatic heterocycles. The number of hydrogen-bond acceptors (Lipinski definition) is 6. The molecule has 0 bridgehead atoms. The van der Waals surface area contributed by atoms with Crippen LogP contribution in [0.25, 0.3) is 10.2 Å². The summed E-state index contributed by atoms with van der Waals surface area (Å²) in [5, 5.41) is 7.29. The molecule has 0 atom stereocenters. The van der Waals surface area contributed by atoms with Crippen molar-refractivity contribution in [2.24, 2.45) is 0 Å². The Hall–Kier alpha value is -2.48. The third kappa shape index (κ3) is 2.94. The van der Waals surface area contributed by atoms with Crippen molar-refractivity contribution >= 4 is 33.3 Å². The van der Waals surface area contributed by atoms with Gasteiger partial charge in [-0.15, -0.1) is 11.3 Å². The number of amides is 1. The van der Waals surface area contributed by atoms with Crippen molar-refractivity contribution in [3.63, 3.8) is 0 Å². The van der Waals surface area contributed by atoms with Crippen LogP contribution in [0.2, 0.25) is 0 Å². The van der Waals surface area contributed by atoms with Gasteiger partial charge in [-0.1, -0.05) is 25.9 Å². The van der Waals surface area contributed by atoms with E-state index in [1.165, 1.54) is 15.8 Å². The lowest BCUT2D eigenvalue weighted by Crippen LogP contribution is -2.27. The number of nitrogens with one attached hydrogen (secondary N) is 1. The number of rotatable bonds is 3. The fourth-order valence-corrected chi connectivity index (χ4v) is 4.37. The monoisotopic (exact) mass is 372 g/mol. The zero-order chi connectivity index (χ0) is 18.5. The van der Waals surface area contributed by atoms with Crippen molar-refractivity contribution in [1.82, 2.24) is 14.7 Å². The first-order valence-corrected chi connectivity index (χ1v) is 9.41. The first-order valence-electron chi connectivity index (χ1n) is 8.59. The Kier molecular flexibility index (Phi) is 3.95. The topological polar surface area (TPSA) is 90.0 Å². The number of aryl methyl sites for hydroxylation is 2. The van der Waals surface area contributed by atoms with Crippen LogP contribution in [-0.2, 0) is 29.6 Å². The Bertz CT molecular complexity index is 1050. The van der Waals surface area contributed by atoms with Crippen LogP contribution in [0.3, 0.4) is 0 Å². The summed E-state index contributed by atoms with van der Waals surface area (Å²) in [7, 11) is 0. The maximum absolute atomic E-state index is 12.8. The Morgan fingerprint density at radius 1 is 1.38 bits per heavy atom. The summed E-state index contributed by atoms with van der Waals surface area (Å²) in [5.74, 6) is -0.0739. The molecule has 3 aromatic rings. The van der Waals surface area contributed by atoms with E-state index in [-0.39, 0.29) is 29.3 Å². The lowest BCUT2D eigenvalue weighted by atomic mass is 9.92. The summed E-state index contributed by atoms with van der Waals surface area (Å²) in [5.41, 5.74) is 1.54. The van der Waals surface area contributed by atoms with E-state index in [1.54, 1.807) is 17.4 Å². The van der Waals surface area contributed by atoms with Gasteiger partial charge < -0.3 is 4.52 Å². The molecule has 0 unspecified atom stereocenters. The van der Waals surface area contributed by atoms with E-state index in [0.717, 1.165) is 35.4 Å². The molecular formula is C18H20N4O3S. The normalized spacial score (nSPS) is 14.0. The number of carbonyl (C=O) groups is 1. The van der Waals surface area contributed by atoms with Crippen molar-refractivity contribution in [3.8, 4) is 0 Å². The zero-order valence-corrected chi connectivity index (χ0v) is 15.8. The van der Waals surface area contributed by atoms with E-state index in [0.29, 0.717) is 5.39 Å². The van der Waals surface area contributed by atoms with Gasteiger partial charge in [0.1, 0.15) is 11.4 Å². The third-order valence-corrected chi connectivity index (χ3v) is 5.75. The summed E-state index contributed by atoms with van der Waals surface area (Å²) in [6, 6.07) is 1.70. The summed E-state index contributed by atoms with van der Waals surface area (Å²) >= 11 is 1.59. The summed E-state index contributed by atoms with van der Waals surface area (Å²) in [6.07, 6.45) is 4.44. The van der Waals surface area contributed by atoms with Crippen molar-refractivity contribution in [1.29, 1.82) is 0 Å². The molecule has 0 spiro atoms. The number of carbonyl (C=O) groups excluding carboxylic acids is 1. The standard InChI is InChI=1S/C18H20N4O3S/c1-18(2,3)12-7-14(25-21-12)20-13(23)8-22-9-19-16-15(17(22)24)10-5-4-6-11(10)26-16/h7,9H,4-6,8H2,1-3H3,(H,20,23). The van der Waals surface area contributed by atoms with Gasteiger partial charge in [-0.2, -0.15) is 0 Å². The van der Waals surface area contributed by atoms with Crippen LogP contribution in [-0.4, -0.2) is 20.6 Å². The van der Waals surface area contributed by atoms with Crippen LogP contribution in [0.15, 0.2) is 21.7 Å². The second-order valence-electron chi connectivity index (χ2n) is 7.59. The highest BCUT2D eigenvalue weighted by Gasteiger charge is 2.22. The van der Waals surface area contributed by atoms with Crippen molar-refractivity contribution in [2.45, 2.75) is 52.0 Å². The third-order valence-electron chi connectivity index (χ3n) is 4.55. The lowest BCUT2D eigenvalue weighted by molar-refractivity contribution is -0.116. The van der Waals surface area contributed by atoms with Gasteiger partial charge in [0.05, 0.1) is 17.4 Å². The van der Waals surface area contributed by atoms with Gasteiger partial charge in [0, 0.05) is 16.4 Å². The molecule has 0 fully saturated rings. The van der Waals surface area contributed by atoms with Crippen LogP contribution in [0.1, 0.15) is 43.3 Å². The first-order chi connectivity index (χ1) is 12.3. The number of anilines is 1. The van der Waals surface area contributed by atoms with Gasteiger partial charge in [0.15, 0.2) is 0 Å². The molecule has 1 N–H and O–H groups in total. The minimum atomic E-state index is -0.350. The average molecular weight is 372 g/mol. The molecule has 0 radical (unpaired) electrons. The van der Waals surface area contributed by atoms with E-state index in [4.69, 9.17) is 4.52 Å². The molecule has 0 saturated heterocycles. The number of thiophene rings is 1. The number of nitrogens with zero attached hydrogens (tertiary/aromatic N) is 3. The predicted octanol–water partition coefficient (Wildman–Crippen LogP) is 2.87. The second kappa shape index (κ2) is 6.05. The van der Waals surface area contributed by atoms with E-state index in [2.05, 4.69) is 15.5 Å². The van der Waals surface area contributed by atoms with Gasteiger partial charge in [0.25, 0.3) is 5.56 Å². The predicted molar refractivity (Wildman–Crippen MR) is 99.7 cm³/mol. The molecule has 3 heterocycles. The summed E-state index contributed by atoms with van der Waals surface area (Å²) in [4.78, 5) is 31.5. The molecule has 136 valence electrons. The van der Waals surface area contributed by atoms with Gasteiger partial charge in [-0.3, -0.25) is 19.5 Å². The SMILES string of the molecule is CC(C)(C)c1cc(NC(=O)Cn2cnc3sc4c(c3c2=O)CCC4)on1. The Morgan fingerprint density at radius 2 is 2.19 bits per heavy atom. The van der Waals surface area contributed by atoms with Gasteiger partial charge in [-0.05, 0) is 24.8 Å². The molecule has 0 aromatic carbocycles. The van der Waals surface area contributed by atoms with E-state index in [9.17, 15) is 9.59 Å². The maximum Gasteiger partial charge on any atom is 0.262 e.